The van der Waals surface area contributed by atoms with Crippen LogP contribution in [-0.2, 0) is 0 Å². The van der Waals surface area contributed by atoms with Gasteiger partial charge in [-0.15, -0.1) is 0 Å². The Hall–Kier alpha value is -6.45. The van der Waals surface area contributed by atoms with Gasteiger partial charge in [0.05, 0.1) is 21.9 Å². The SMILES string of the molecule is c1ccc(-c2ccc(-c3cccc(-c4cc(-n5c6ccccc6c6c7oc8ccccc8c7ccc65)nc5ccccc45)c3)cc2)cc1. The zero-order chi connectivity index (χ0) is 31.6. The normalized spacial score (nSPS) is 11.8. The highest BCUT2D eigenvalue weighted by atomic mass is 16.3. The molecule has 3 nitrogen and oxygen atoms in total. The zero-order valence-corrected chi connectivity index (χ0v) is 26.0. The molecule has 0 atom stereocenters. The van der Waals surface area contributed by atoms with Gasteiger partial charge >= 0.3 is 0 Å². The van der Waals surface area contributed by atoms with Gasteiger partial charge in [0.2, 0.25) is 0 Å². The molecule has 10 aromatic rings. The van der Waals surface area contributed by atoms with Crippen LogP contribution in [0.15, 0.2) is 174 Å². The van der Waals surface area contributed by atoms with Gasteiger partial charge < -0.3 is 4.42 Å². The molecule has 224 valence electrons. The second kappa shape index (κ2) is 10.5. The second-order valence-electron chi connectivity index (χ2n) is 12.4. The lowest BCUT2D eigenvalue weighted by Gasteiger charge is -2.14. The first-order valence-electron chi connectivity index (χ1n) is 16.3. The van der Waals surface area contributed by atoms with E-state index in [1.165, 1.54) is 22.3 Å². The maximum Gasteiger partial charge on any atom is 0.145 e. The number of aromatic nitrogens is 2. The van der Waals surface area contributed by atoms with Crippen molar-refractivity contribution in [3.05, 3.63) is 170 Å². The average Bonchev–Trinajstić information content (AvgIpc) is 3.71. The van der Waals surface area contributed by atoms with Crippen molar-refractivity contribution in [2.45, 2.75) is 0 Å². The molecule has 0 aliphatic carbocycles. The fourth-order valence-corrected chi connectivity index (χ4v) is 7.35. The second-order valence-corrected chi connectivity index (χ2v) is 12.4. The number of benzene rings is 7. The van der Waals surface area contributed by atoms with E-state index in [0.29, 0.717) is 0 Å². The van der Waals surface area contributed by atoms with E-state index in [9.17, 15) is 0 Å². The Balaban J connectivity index is 1.17. The van der Waals surface area contributed by atoms with Crippen molar-refractivity contribution in [1.82, 2.24) is 9.55 Å². The summed E-state index contributed by atoms with van der Waals surface area (Å²) >= 11 is 0. The van der Waals surface area contributed by atoms with E-state index < -0.39 is 0 Å². The van der Waals surface area contributed by atoms with E-state index in [0.717, 1.165) is 71.6 Å². The van der Waals surface area contributed by atoms with Crippen molar-refractivity contribution in [2.24, 2.45) is 0 Å². The Bertz CT molecular complexity index is 2820. The van der Waals surface area contributed by atoms with Crippen LogP contribution < -0.4 is 0 Å². The Kier molecular flexibility index (Phi) is 5.87. The minimum Gasteiger partial charge on any atom is -0.455 e. The Morgan fingerprint density at radius 3 is 1.92 bits per heavy atom. The molecule has 48 heavy (non-hydrogen) atoms. The van der Waals surface area contributed by atoms with E-state index in [2.05, 4.69) is 162 Å². The Morgan fingerprint density at radius 1 is 0.417 bits per heavy atom. The van der Waals surface area contributed by atoms with E-state index in [4.69, 9.17) is 9.40 Å². The van der Waals surface area contributed by atoms with Gasteiger partial charge in [0, 0.05) is 21.5 Å². The number of fused-ring (bicyclic) bond motifs is 8. The van der Waals surface area contributed by atoms with Crippen LogP contribution in [0.1, 0.15) is 0 Å². The third-order valence-electron chi connectivity index (χ3n) is 9.61. The van der Waals surface area contributed by atoms with Gasteiger partial charge in [-0.1, -0.05) is 127 Å². The van der Waals surface area contributed by atoms with Gasteiger partial charge in [0.15, 0.2) is 0 Å². The summed E-state index contributed by atoms with van der Waals surface area (Å²) in [5.41, 5.74) is 12.0. The third-order valence-corrected chi connectivity index (χ3v) is 9.61. The van der Waals surface area contributed by atoms with Gasteiger partial charge in [-0.05, 0) is 75.8 Å². The molecule has 3 heteroatoms. The first-order chi connectivity index (χ1) is 23.8. The van der Waals surface area contributed by atoms with Gasteiger partial charge in [0.1, 0.15) is 17.0 Å². The number of nitrogens with zero attached hydrogens (tertiary/aromatic N) is 2. The average molecular weight is 613 g/mol. The minimum absolute atomic E-state index is 0.878. The molecule has 0 unspecified atom stereocenters. The molecule has 0 bridgehead atoms. The highest BCUT2D eigenvalue weighted by Gasteiger charge is 2.20. The Labute approximate surface area is 277 Å². The first-order valence-corrected chi connectivity index (χ1v) is 16.3. The quantitative estimate of drug-likeness (QED) is 0.198. The van der Waals surface area contributed by atoms with Crippen LogP contribution in [0.4, 0.5) is 0 Å². The summed E-state index contributed by atoms with van der Waals surface area (Å²) in [6.45, 7) is 0. The van der Waals surface area contributed by atoms with Crippen molar-refractivity contribution in [3.8, 4) is 39.2 Å². The van der Waals surface area contributed by atoms with Crippen LogP contribution >= 0.6 is 0 Å². The van der Waals surface area contributed by atoms with Crippen molar-refractivity contribution in [3.63, 3.8) is 0 Å². The van der Waals surface area contributed by atoms with Crippen molar-refractivity contribution in [1.29, 1.82) is 0 Å². The van der Waals surface area contributed by atoms with Crippen LogP contribution in [0.5, 0.6) is 0 Å². The zero-order valence-electron chi connectivity index (χ0n) is 26.0. The highest BCUT2D eigenvalue weighted by Crippen LogP contribution is 2.41. The van der Waals surface area contributed by atoms with Crippen LogP contribution in [0.3, 0.4) is 0 Å². The smallest absolute Gasteiger partial charge is 0.145 e. The minimum atomic E-state index is 0.878. The molecule has 0 radical (unpaired) electrons. The summed E-state index contributed by atoms with van der Waals surface area (Å²) < 4.78 is 8.83. The summed E-state index contributed by atoms with van der Waals surface area (Å²) in [6.07, 6.45) is 0. The molecule has 0 N–H and O–H groups in total. The maximum atomic E-state index is 6.54. The largest absolute Gasteiger partial charge is 0.455 e. The lowest BCUT2D eigenvalue weighted by Crippen LogP contribution is -1.99. The number of hydrogen-bond acceptors (Lipinski definition) is 2. The van der Waals surface area contributed by atoms with Crippen molar-refractivity contribution in [2.75, 3.05) is 0 Å². The lowest BCUT2D eigenvalue weighted by molar-refractivity contribution is 0.673. The monoisotopic (exact) mass is 612 g/mol. The lowest BCUT2D eigenvalue weighted by atomic mass is 9.95. The number of para-hydroxylation sites is 3. The predicted molar refractivity (Wildman–Crippen MR) is 200 cm³/mol. The van der Waals surface area contributed by atoms with Crippen LogP contribution in [-0.4, -0.2) is 9.55 Å². The van der Waals surface area contributed by atoms with Gasteiger partial charge in [0.25, 0.3) is 0 Å². The molecular weight excluding hydrogens is 585 g/mol. The third kappa shape index (κ3) is 4.11. The van der Waals surface area contributed by atoms with Crippen LogP contribution in [0.2, 0.25) is 0 Å². The Morgan fingerprint density at radius 2 is 1.06 bits per heavy atom. The molecule has 0 aliphatic rings. The summed E-state index contributed by atoms with van der Waals surface area (Å²) in [5, 5.41) is 5.64. The van der Waals surface area contributed by atoms with Crippen molar-refractivity contribution >= 4 is 54.6 Å². The molecule has 0 amide bonds. The molecule has 0 saturated heterocycles. The van der Waals surface area contributed by atoms with Gasteiger partial charge in [-0.25, -0.2) is 4.98 Å². The number of furan rings is 1. The molecule has 0 spiro atoms. The van der Waals surface area contributed by atoms with E-state index in [1.54, 1.807) is 0 Å². The number of hydrogen-bond donors (Lipinski definition) is 0. The summed E-state index contributed by atoms with van der Waals surface area (Å²) in [7, 11) is 0. The van der Waals surface area contributed by atoms with E-state index in [-0.39, 0.29) is 0 Å². The van der Waals surface area contributed by atoms with E-state index >= 15 is 0 Å². The molecule has 0 fully saturated rings. The predicted octanol–water partition coefficient (Wildman–Crippen LogP) is 12.2. The highest BCUT2D eigenvalue weighted by molar-refractivity contribution is 6.23. The molecule has 3 heterocycles. The summed E-state index contributed by atoms with van der Waals surface area (Å²) in [4.78, 5) is 5.28. The number of pyridine rings is 1. The first kappa shape index (κ1) is 26.7. The van der Waals surface area contributed by atoms with Crippen molar-refractivity contribution < 1.29 is 4.42 Å². The topological polar surface area (TPSA) is 31.0 Å². The maximum absolute atomic E-state index is 6.54. The van der Waals surface area contributed by atoms with E-state index in [1.807, 2.05) is 12.1 Å². The molecule has 3 aromatic heterocycles. The standard InChI is InChI=1S/C45H28N2O/c1-2-11-29(12-3-1)30-21-23-31(24-22-30)32-13-10-14-33(27-32)38-28-43(46-39-18-7-4-15-34(38)39)47-40-19-8-5-17-37(40)44-41(47)26-25-36-35-16-6-9-20-42(35)48-45(36)44/h1-28H. The molecule has 0 saturated carbocycles. The molecule has 10 rings (SSSR count). The summed E-state index contributed by atoms with van der Waals surface area (Å²) in [6, 6.07) is 60.2. The molecule has 7 aromatic carbocycles. The number of rotatable bonds is 4. The van der Waals surface area contributed by atoms with Gasteiger partial charge in [-0.2, -0.15) is 0 Å². The summed E-state index contributed by atoms with van der Waals surface area (Å²) in [5.74, 6) is 0.878. The molecule has 0 aliphatic heterocycles. The van der Waals surface area contributed by atoms with Crippen LogP contribution in [0.25, 0.3) is 93.8 Å². The fourth-order valence-electron chi connectivity index (χ4n) is 7.35. The molecular formula is C45H28N2O. The van der Waals surface area contributed by atoms with Crippen LogP contribution in [0, 0.1) is 0 Å². The van der Waals surface area contributed by atoms with Gasteiger partial charge in [-0.3, -0.25) is 4.57 Å². The fraction of sp³-hybridized carbons (Fsp3) is 0.